The Labute approximate surface area is 97.6 Å². The number of hydrogen-bond donors (Lipinski definition) is 1. The lowest BCUT2D eigenvalue weighted by Gasteiger charge is -2.17. The molecule has 1 N–H and O–H groups in total. The highest BCUT2D eigenvalue weighted by Crippen LogP contribution is 2.36. The molecule has 1 fully saturated rings. The van der Waals surface area contributed by atoms with E-state index in [1.807, 2.05) is 6.20 Å². The minimum atomic E-state index is 0.503. The molecule has 1 aromatic heterocycles. The summed E-state index contributed by atoms with van der Waals surface area (Å²) in [5.74, 6) is 1.80. The van der Waals surface area contributed by atoms with Crippen LogP contribution < -0.4 is 5.32 Å². The monoisotopic (exact) mass is 222 g/mol. The zero-order chi connectivity index (χ0) is 11.6. The largest absolute Gasteiger partial charge is 0.444 e. The van der Waals surface area contributed by atoms with Gasteiger partial charge in [-0.2, -0.15) is 0 Å². The van der Waals surface area contributed by atoms with Gasteiger partial charge in [0.05, 0.1) is 12.7 Å². The van der Waals surface area contributed by atoms with Crippen LogP contribution in [-0.2, 0) is 13.0 Å². The molecule has 1 unspecified atom stereocenters. The van der Waals surface area contributed by atoms with E-state index in [0.29, 0.717) is 11.5 Å². The van der Waals surface area contributed by atoms with Gasteiger partial charge in [0.15, 0.2) is 0 Å². The standard InChI is InChI=1S/C13H22N2O/c1-4-11-8-15-12(16-11)9-14-10-5-6-13(2,3)7-10/h8,10,14H,4-7,9H2,1-3H3. The molecule has 0 amide bonds. The summed E-state index contributed by atoms with van der Waals surface area (Å²) in [6, 6.07) is 0.631. The van der Waals surface area contributed by atoms with Gasteiger partial charge in [-0.1, -0.05) is 20.8 Å². The van der Waals surface area contributed by atoms with Crippen LogP contribution in [0.15, 0.2) is 10.6 Å². The highest BCUT2D eigenvalue weighted by atomic mass is 16.4. The van der Waals surface area contributed by atoms with Crippen molar-refractivity contribution < 1.29 is 4.42 Å². The van der Waals surface area contributed by atoms with Crippen LogP contribution in [0.25, 0.3) is 0 Å². The number of aromatic nitrogens is 1. The van der Waals surface area contributed by atoms with Crippen molar-refractivity contribution in [3.8, 4) is 0 Å². The molecule has 1 aromatic rings. The van der Waals surface area contributed by atoms with Gasteiger partial charge in [-0.3, -0.25) is 0 Å². The van der Waals surface area contributed by atoms with E-state index in [1.54, 1.807) is 0 Å². The summed E-state index contributed by atoms with van der Waals surface area (Å²) in [7, 11) is 0. The molecule has 1 atom stereocenters. The van der Waals surface area contributed by atoms with Crippen molar-refractivity contribution in [3.05, 3.63) is 17.8 Å². The molecule has 0 aliphatic heterocycles. The maximum absolute atomic E-state index is 5.57. The van der Waals surface area contributed by atoms with Crippen molar-refractivity contribution in [1.82, 2.24) is 10.3 Å². The maximum atomic E-state index is 5.57. The van der Waals surface area contributed by atoms with Crippen molar-refractivity contribution in [1.29, 1.82) is 0 Å². The van der Waals surface area contributed by atoms with Crippen LogP contribution in [0.1, 0.15) is 51.7 Å². The fourth-order valence-corrected chi connectivity index (χ4v) is 2.44. The maximum Gasteiger partial charge on any atom is 0.208 e. The molecule has 2 rings (SSSR count). The molecule has 1 aliphatic rings. The minimum Gasteiger partial charge on any atom is -0.444 e. The lowest BCUT2D eigenvalue weighted by molar-refractivity contribution is 0.356. The summed E-state index contributed by atoms with van der Waals surface area (Å²) in [4.78, 5) is 4.26. The highest BCUT2D eigenvalue weighted by Gasteiger charge is 2.30. The minimum absolute atomic E-state index is 0.503. The predicted molar refractivity (Wildman–Crippen MR) is 64.1 cm³/mol. The van der Waals surface area contributed by atoms with Crippen LogP contribution in [0.3, 0.4) is 0 Å². The Morgan fingerprint density at radius 2 is 2.38 bits per heavy atom. The van der Waals surface area contributed by atoms with Gasteiger partial charge in [-0.15, -0.1) is 0 Å². The number of oxazole rings is 1. The van der Waals surface area contributed by atoms with Crippen LogP contribution in [0.4, 0.5) is 0 Å². The number of nitrogens with one attached hydrogen (secondary N) is 1. The van der Waals surface area contributed by atoms with Gasteiger partial charge in [0.2, 0.25) is 5.89 Å². The van der Waals surface area contributed by atoms with Gasteiger partial charge in [0.1, 0.15) is 5.76 Å². The molecule has 3 heteroatoms. The molecule has 16 heavy (non-hydrogen) atoms. The number of nitrogens with zero attached hydrogens (tertiary/aromatic N) is 1. The zero-order valence-corrected chi connectivity index (χ0v) is 10.5. The second-order valence-electron chi connectivity index (χ2n) is 5.56. The fraction of sp³-hybridized carbons (Fsp3) is 0.769. The van der Waals surface area contributed by atoms with Crippen LogP contribution in [-0.4, -0.2) is 11.0 Å². The molecule has 1 aliphatic carbocycles. The van der Waals surface area contributed by atoms with E-state index in [4.69, 9.17) is 4.42 Å². The summed E-state index contributed by atoms with van der Waals surface area (Å²) in [6.07, 6.45) is 6.60. The number of rotatable bonds is 4. The first kappa shape index (κ1) is 11.6. The van der Waals surface area contributed by atoms with E-state index in [-0.39, 0.29) is 0 Å². The Balaban J connectivity index is 1.80. The third-order valence-electron chi connectivity index (χ3n) is 3.46. The van der Waals surface area contributed by atoms with Crippen molar-refractivity contribution in [2.75, 3.05) is 0 Å². The Morgan fingerprint density at radius 1 is 1.56 bits per heavy atom. The highest BCUT2D eigenvalue weighted by molar-refractivity contribution is 4.94. The van der Waals surface area contributed by atoms with E-state index in [9.17, 15) is 0 Å². The summed E-state index contributed by atoms with van der Waals surface area (Å²) in [6.45, 7) is 7.53. The molecule has 0 aromatic carbocycles. The number of aryl methyl sites for hydroxylation is 1. The quantitative estimate of drug-likeness (QED) is 0.851. The van der Waals surface area contributed by atoms with Crippen LogP contribution in [0, 0.1) is 5.41 Å². The predicted octanol–water partition coefficient (Wildman–Crippen LogP) is 2.91. The van der Waals surface area contributed by atoms with Gasteiger partial charge in [-0.05, 0) is 24.7 Å². The first-order chi connectivity index (χ1) is 7.59. The SMILES string of the molecule is CCc1cnc(CNC2CCC(C)(C)C2)o1. The van der Waals surface area contributed by atoms with Gasteiger partial charge in [-0.25, -0.2) is 4.98 Å². The Hall–Kier alpha value is -0.830. The van der Waals surface area contributed by atoms with Crippen molar-refractivity contribution in [3.63, 3.8) is 0 Å². The molecular formula is C13H22N2O. The topological polar surface area (TPSA) is 38.1 Å². The molecule has 3 nitrogen and oxygen atoms in total. The molecule has 1 saturated carbocycles. The fourth-order valence-electron chi connectivity index (χ4n) is 2.44. The molecular weight excluding hydrogens is 200 g/mol. The Kier molecular flexibility index (Phi) is 3.33. The van der Waals surface area contributed by atoms with E-state index >= 15 is 0 Å². The van der Waals surface area contributed by atoms with Crippen molar-refractivity contribution >= 4 is 0 Å². The number of hydrogen-bond acceptors (Lipinski definition) is 3. The van der Waals surface area contributed by atoms with Crippen LogP contribution >= 0.6 is 0 Å². The summed E-state index contributed by atoms with van der Waals surface area (Å²) < 4.78 is 5.57. The van der Waals surface area contributed by atoms with Gasteiger partial charge < -0.3 is 9.73 Å². The summed E-state index contributed by atoms with van der Waals surface area (Å²) >= 11 is 0. The second-order valence-corrected chi connectivity index (χ2v) is 5.56. The molecule has 90 valence electrons. The van der Waals surface area contributed by atoms with E-state index in [0.717, 1.165) is 24.6 Å². The molecule has 1 heterocycles. The third-order valence-corrected chi connectivity index (χ3v) is 3.46. The third kappa shape index (κ3) is 2.85. The molecule has 0 saturated heterocycles. The van der Waals surface area contributed by atoms with Gasteiger partial charge in [0, 0.05) is 12.5 Å². The first-order valence-electron chi connectivity index (χ1n) is 6.26. The van der Waals surface area contributed by atoms with Crippen molar-refractivity contribution in [2.45, 2.75) is 59.0 Å². The lowest BCUT2D eigenvalue weighted by Crippen LogP contribution is -2.26. The Bertz CT molecular complexity index is 343. The second kappa shape index (κ2) is 4.58. The average molecular weight is 222 g/mol. The lowest BCUT2D eigenvalue weighted by atomic mass is 9.92. The van der Waals surface area contributed by atoms with Gasteiger partial charge in [0.25, 0.3) is 0 Å². The molecule has 0 spiro atoms. The molecule has 0 bridgehead atoms. The van der Waals surface area contributed by atoms with Crippen LogP contribution in [0.2, 0.25) is 0 Å². The smallest absolute Gasteiger partial charge is 0.208 e. The first-order valence-corrected chi connectivity index (χ1v) is 6.26. The zero-order valence-electron chi connectivity index (χ0n) is 10.5. The van der Waals surface area contributed by atoms with Crippen LogP contribution in [0.5, 0.6) is 0 Å². The van der Waals surface area contributed by atoms with E-state index < -0.39 is 0 Å². The van der Waals surface area contributed by atoms with E-state index in [1.165, 1.54) is 19.3 Å². The summed E-state index contributed by atoms with van der Waals surface area (Å²) in [5.41, 5.74) is 0.503. The average Bonchev–Trinajstić information content (AvgIpc) is 2.81. The van der Waals surface area contributed by atoms with Crippen molar-refractivity contribution in [2.24, 2.45) is 5.41 Å². The van der Waals surface area contributed by atoms with Gasteiger partial charge >= 0.3 is 0 Å². The summed E-state index contributed by atoms with van der Waals surface area (Å²) in [5, 5.41) is 3.53. The normalized spacial score (nSPS) is 23.8. The Morgan fingerprint density at radius 3 is 2.94 bits per heavy atom. The van der Waals surface area contributed by atoms with E-state index in [2.05, 4.69) is 31.1 Å². The molecule has 0 radical (unpaired) electrons.